The Morgan fingerprint density at radius 3 is 2.22 bits per heavy atom. The maximum Gasteiger partial charge on any atom is 0.231 e. The van der Waals surface area contributed by atoms with Crippen molar-refractivity contribution in [3.05, 3.63) is 64.4 Å². The summed E-state index contributed by atoms with van der Waals surface area (Å²) in [6.07, 6.45) is 0.229. The highest BCUT2D eigenvalue weighted by Crippen LogP contribution is 2.18. The highest BCUT2D eigenvalue weighted by Gasteiger charge is 2.17. The minimum absolute atomic E-state index is 0.0451. The molecule has 120 valence electrons. The van der Waals surface area contributed by atoms with Crippen molar-refractivity contribution >= 4 is 33.4 Å². The van der Waals surface area contributed by atoms with E-state index in [-0.39, 0.29) is 31.1 Å². The van der Waals surface area contributed by atoms with E-state index in [1.54, 1.807) is 0 Å². The third-order valence-electron chi connectivity index (χ3n) is 3.29. The molecule has 2 aromatic carbocycles. The monoisotopic (exact) mass is 378 g/mol. The maximum absolute atomic E-state index is 13.1. The van der Waals surface area contributed by atoms with E-state index in [1.165, 1.54) is 29.2 Å². The molecule has 0 fully saturated rings. The summed E-state index contributed by atoms with van der Waals surface area (Å²) in [4.78, 5) is 25.0. The van der Waals surface area contributed by atoms with Crippen LogP contribution in [0.3, 0.4) is 0 Å². The zero-order valence-corrected chi connectivity index (χ0v) is 13.9. The van der Waals surface area contributed by atoms with Crippen LogP contribution in [-0.4, -0.2) is 18.4 Å². The minimum atomic E-state index is -0.492. The number of carbonyl (C=O) groups excluding carboxylic acids is 2. The molecule has 0 atom stereocenters. The number of hydrogen-bond acceptors (Lipinski definition) is 2. The van der Waals surface area contributed by atoms with Crippen molar-refractivity contribution in [3.8, 4) is 0 Å². The molecule has 0 aromatic heterocycles. The summed E-state index contributed by atoms with van der Waals surface area (Å²) in [5.41, 5.74) is 6.56. The van der Waals surface area contributed by atoms with Crippen LogP contribution in [0.15, 0.2) is 53.0 Å². The van der Waals surface area contributed by atoms with Crippen molar-refractivity contribution in [2.75, 3.05) is 11.4 Å². The Balaban J connectivity index is 2.17. The molecule has 0 aliphatic heterocycles. The molecule has 0 radical (unpaired) electrons. The zero-order chi connectivity index (χ0) is 16.8. The van der Waals surface area contributed by atoms with Crippen molar-refractivity contribution in [2.45, 2.75) is 12.8 Å². The molecule has 0 unspecified atom stereocenters. The van der Waals surface area contributed by atoms with E-state index in [2.05, 4.69) is 15.9 Å². The van der Waals surface area contributed by atoms with Crippen LogP contribution in [0, 0.1) is 5.82 Å². The Morgan fingerprint density at radius 1 is 1.04 bits per heavy atom. The molecule has 2 N–H and O–H groups in total. The largest absolute Gasteiger partial charge is 0.370 e. The van der Waals surface area contributed by atoms with Gasteiger partial charge in [-0.2, -0.15) is 0 Å². The third kappa shape index (κ3) is 5.17. The lowest BCUT2D eigenvalue weighted by molar-refractivity contribution is -0.118. The van der Waals surface area contributed by atoms with E-state index < -0.39 is 5.91 Å². The molecule has 0 aliphatic carbocycles. The Kier molecular flexibility index (Phi) is 5.87. The first-order valence-electron chi connectivity index (χ1n) is 7.04. The molecule has 0 spiro atoms. The number of nitrogens with zero attached hydrogens (tertiary/aromatic N) is 1. The summed E-state index contributed by atoms with van der Waals surface area (Å²) in [5, 5.41) is 0. The van der Waals surface area contributed by atoms with Crippen molar-refractivity contribution in [1.82, 2.24) is 0 Å². The molecule has 6 heteroatoms. The number of rotatable bonds is 6. The van der Waals surface area contributed by atoms with E-state index in [4.69, 9.17) is 5.73 Å². The summed E-state index contributed by atoms with van der Waals surface area (Å²) < 4.78 is 14.0. The summed E-state index contributed by atoms with van der Waals surface area (Å²) in [5.74, 6) is -1.06. The lowest BCUT2D eigenvalue weighted by atomic mass is 10.1. The van der Waals surface area contributed by atoms with Gasteiger partial charge in [0.05, 0.1) is 6.42 Å². The van der Waals surface area contributed by atoms with E-state index in [9.17, 15) is 14.0 Å². The normalized spacial score (nSPS) is 10.3. The average molecular weight is 379 g/mol. The topological polar surface area (TPSA) is 63.4 Å². The molecule has 0 heterocycles. The average Bonchev–Trinajstić information content (AvgIpc) is 2.51. The van der Waals surface area contributed by atoms with Gasteiger partial charge in [-0.05, 0) is 42.0 Å². The highest BCUT2D eigenvalue weighted by atomic mass is 79.9. The summed E-state index contributed by atoms with van der Waals surface area (Å²) in [7, 11) is 0. The standard InChI is InChI=1S/C17H16BrFN2O2/c18-13-3-1-12(2-4-13)11-17(23)21(10-9-16(20)22)15-7-5-14(19)6-8-15/h1-8H,9-11H2,(H2,20,22). The van der Waals surface area contributed by atoms with E-state index in [0.717, 1.165) is 10.0 Å². The van der Waals surface area contributed by atoms with Gasteiger partial charge in [-0.15, -0.1) is 0 Å². The first-order valence-corrected chi connectivity index (χ1v) is 7.83. The van der Waals surface area contributed by atoms with Gasteiger partial charge in [0, 0.05) is 23.1 Å². The molecule has 0 bridgehead atoms. The number of benzene rings is 2. The van der Waals surface area contributed by atoms with Crippen molar-refractivity contribution in [3.63, 3.8) is 0 Å². The molecule has 2 rings (SSSR count). The number of amides is 2. The Hall–Kier alpha value is -2.21. The van der Waals surface area contributed by atoms with Gasteiger partial charge < -0.3 is 10.6 Å². The summed E-state index contributed by atoms with van der Waals surface area (Å²) in [6.45, 7) is 0.163. The lowest BCUT2D eigenvalue weighted by Crippen LogP contribution is -2.35. The molecule has 0 saturated heterocycles. The second-order valence-electron chi connectivity index (χ2n) is 5.04. The van der Waals surface area contributed by atoms with Gasteiger partial charge >= 0.3 is 0 Å². The van der Waals surface area contributed by atoms with Gasteiger partial charge in [0.1, 0.15) is 5.82 Å². The van der Waals surface area contributed by atoms with Crippen LogP contribution in [0.5, 0.6) is 0 Å². The minimum Gasteiger partial charge on any atom is -0.370 e. The summed E-state index contributed by atoms with van der Waals surface area (Å²) in [6, 6.07) is 13.0. The van der Waals surface area contributed by atoms with Gasteiger partial charge in [-0.1, -0.05) is 28.1 Å². The molecular formula is C17H16BrFN2O2. The number of nitrogens with two attached hydrogens (primary N) is 1. The number of anilines is 1. The van der Waals surface area contributed by atoms with Gasteiger partial charge in [0.25, 0.3) is 0 Å². The number of hydrogen-bond donors (Lipinski definition) is 1. The smallest absolute Gasteiger partial charge is 0.231 e. The molecule has 2 aromatic rings. The van der Waals surface area contributed by atoms with Crippen molar-refractivity contribution in [1.29, 1.82) is 0 Å². The predicted molar refractivity (Wildman–Crippen MR) is 90.4 cm³/mol. The summed E-state index contributed by atoms with van der Waals surface area (Å²) >= 11 is 3.34. The molecule has 4 nitrogen and oxygen atoms in total. The quantitative estimate of drug-likeness (QED) is 0.839. The van der Waals surface area contributed by atoms with Crippen molar-refractivity contribution < 1.29 is 14.0 Å². The zero-order valence-electron chi connectivity index (χ0n) is 12.3. The second-order valence-corrected chi connectivity index (χ2v) is 5.96. The Morgan fingerprint density at radius 2 is 1.65 bits per heavy atom. The van der Waals surface area contributed by atoms with Gasteiger partial charge in [-0.25, -0.2) is 4.39 Å². The van der Waals surface area contributed by atoms with Crippen LogP contribution in [0.2, 0.25) is 0 Å². The molecular weight excluding hydrogens is 363 g/mol. The third-order valence-corrected chi connectivity index (χ3v) is 3.82. The number of primary amides is 1. The van der Waals surface area contributed by atoms with Crippen LogP contribution in [0.1, 0.15) is 12.0 Å². The Bertz CT molecular complexity index is 687. The van der Waals surface area contributed by atoms with Crippen LogP contribution in [0.4, 0.5) is 10.1 Å². The number of halogens is 2. The van der Waals surface area contributed by atoms with Gasteiger partial charge in [0.15, 0.2) is 0 Å². The number of carbonyl (C=O) groups is 2. The fourth-order valence-electron chi connectivity index (χ4n) is 2.11. The van der Waals surface area contributed by atoms with Crippen LogP contribution >= 0.6 is 15.9 Å². The fraction of sp³-hybridized carbons (Fsp3) is 0.176. The predicted octanol–water partition coefficient (Wildman–Crippen LogP) is 3.04. The second kappa shape index (κ2) is 7.87. The molecule has 0 aliphatic rings. The van der Waals surface area contributed by atoms with Gasteiger partial charge in [0.2, 0.25) is 11.8 Å². The van der Waals surface area contributed by atoms with Crippen LogP contribution in [0.25, 0.3) is 0 Å². The lowest BCUT2D eigenvalue weighted by Gasteiger charge is -2.22. The first kappa shape index (κ1) is 17.1. The van der Waals surface area contributed by atoms with Crippen LogP contribution < -0.4 is 10.6 Å². The Labute approximate surface area is 142 Å². The molecule has 0 saturated carbocycles. The van der Waals surface area contributed by atoms with E-state index in [0.29, 0.717) is 5.69 Å². The van der Waals surface area contributed by atoms with Crippen molar-refractivity contribution in [2.24, 2.45) is 5.73 Å². The van der Waals surface area contributed by atoms with Gasteiger partial charge in [-0.3, -0.25) is 9.59 Å². The molecule has 2 amide bonds. The van der Waals surface area contributed by atoms with E-state index in [1.807, 2.05) is 24.3 Å². The van der Waals surface area contributed by atoms with Crippen LogP contribution in [-0.2, 0) is 16.0 Å². The van der Waals surface area contributed by atoms with E-state index >= 15 is 0 Å². The highest BCUT2D eigenvalue weighted by molar-refractivity contribution is 9.10. The SMILES string of the molecule is NC(=O)CCN(C(=O)Cc1ccc(Br)cc1)c1ccc(F)cc1. The fourth-order valence-corrected chi connectivity index (χ4v) is 2.38. The maximum atomic E-state index is 13.1. The first-order chi connectivity index (χ1) is 11.0. The molecule has 23 heavy (non-hydrogen) atoms.